The fourth-order valence-corrected chi connectivity index (χ4v) is 3.65. The molecule has 1 aromatic carbocycles. The zero-order valence-corrected chi connectivity index (χ0v) is 15.5. The van der Waals surface area contributed by atoms with Gasteiger partial charge in [0, 0.05) is 19.1 Å². The first-order valence-corrected chi connectivity index (χ1v) is 9.55. The van der Waals surface area contributed by atoms with Gasteiger partial charge in [0.25, 0.3) is 0 Å². The zero-order chi connectivity index (χ0) is 19.3. The summed E-state index contributed by atoms with van der Waals surface area (Å²) in [6.07, 6.45) is 3.23. The minimum atomic E-state index is -0.459. The van der Waals surface area contributed by atoms with Gasteiger partial charge in [-0.2, -0.15) is 0 Å². The molecule has 2 amide bonds. The average Bonchev–Trinajstić information content (AvgIpc) is 3.40. The molecule has 3 heterocycles. The molecule has 2 atom stereocenters. The lowest BCUT2D eigenvalue weighted by molar-refractivity contribution is -0.134. The molecule has 1 aromatic heterocycles. The molecule has 2 aliphatic heterocycles. The third kappa shape index (κ3) is 4.35. The summed E-state index contributed by atoms with van der Waals surface area (Å²) >= 11 is 0. The van der Waals surface area contributed by atoms with Crippen LogP contribution in [0, 0.1) is 0 Å². The number of furan rings is 1. The summed E-state index contributed by atoms with van der Waals surface area (Å²) in [5.41, 5.74) is 6.19. The Kier molecular flexibility index (Phi) is 5.59. The number of likely N-dealkylation sites (tertiary alicyclic amines) is 1. The first kappa shape index (κ1) is 18.5. The van der Waals surface area contributed by atoms with Crippen molar-refractivity contribution in [3.8, 4) is 5.75 Å². The molecule has 8 heteroatoms. The van der Waals surface area contributed by atoms with E-state index in [0.29, 0.717) is 38.1 Å². The maximum Gasteiger partial charge on any atom is 0.412 e. The fraction of sp³-hybridized carbons (Fsp3) is 0.400. The van der Waals surface area contributed by atoms with E-state index in [1.54, 1.807) is 18.4 Å². The van der Waals surface area contributed by atoms with Gasteiger partial charge in [0.1, 0.15) is 17.6 Å². The van der Waals surface area contributed by atoms with Crippen molar-refractivity contribution in [2.24, 2.45) is 0 Å². The molecule has 0 saturated carbocycles. The number of hydrogen-bond acceptors (Lipinski definition) is 6. The van der Waals surface area contributed by atoms with Gasteiger partial charge in [-0.25, -0.2) is 15.6 Å². The topological polar surface area (TPSA) is 95.8 Å². The van der Waals surface area contributed by atoms with E-state index in [9.17, 15) is 9.59 Å². The number of ether oxygens (including phenoxy) is 1. The quantitative estimate of drug-likeness (QED) is 0.746. The lowest BCUT2D eigenvalue weighted by Crippen LogP contribution is -2.51. The number of rotatable bonds is 4. The first-order valence-electron chi connectivity index (χ1n) is 9.55. The van der Waals surface area contributed by atoms with E-state index in [-0.39, 0.29) is 24.0 Å². The summed E-state index contributed by atoms with van der Waals surface area (Å²) in [5, 5.41) is 2.88. The SMILES string of the molecule is O=C(NC1CCN(C(=O)C2CC(c3ccco3)NN2)CC1)Oc1ccccc1. The molecule has 0 radical (unpaired) electrons. The number of piperidine rings is 1. The van der Waals surface area contributed by atoms with Crippen LogP contribution < -0.4 is 20.9 Å². The molecule has 2 aromatic rings. The van der Waals surface area contributed by atoms with Gasteiger partial charge in [-0.05, 0) is 43.5 Å². The Balaban J connectivity index is 1.22. The van der Waals surface area contributed by atoms with Crippen molar-refractivity contribution in [1.82, 2.24) is 21.1 Å². The average molecular weight is 384 g/mol. The van der Waals surface area contributed by atoms with Crippen LogP contribution in [0.4, 0.5) is 4.79 Å². The molecule has 148 valence electrons. The van der Waals surface area contributed by atoms with Crippen LogP contribution in [0.2, 0.25) is 0 Å². The molecule has 0 aliphatic carbocycles. The van der Waals surface area contributed by atoms with Gasteiger partial charge in [0.15, 0.2) is 0 Å². The Morgan fingerprint density at radius 3 is 2.57 bits per heavy atom. The number of benzene rings is 1. The van der Waals surface area contributed by atoms with Crippen LogP contribution in [0.5, 0.6) is 5.75 Å². The first-order chi connectivity index (χ1) is 13.7. The zero-order valence-electron chi connectivity index (χ0n) is 15.5. The van der Waals surface area contributed by atoms with Crippen molar-refractivity contribution < 1.29 is 18.7 Å². The predicted molar refractivity (Wildman–Crippen MR) is 101 cm³/mol. The number of nitrogens with one attached hydrogen (secondary N) is 3. The van der Waals surface area contributed by atoms with E-state index in [4.69, 9.17) is 9.15 Å². The second kappa shape index (κ2) is 8.45. The van der Waals surface area contributed by atoms with Crippen molar-refractivity contribution in [3.05, 3.63) is 54.5 Å². The minimum absolute atomic E-state index is 0.00378. The standard InChI is InChI=1S/C20H24N4O4/c25-19(17-13-16(22-23-17)18-7-4-12-27-18)24-10-8-14(9-11-24)21-20(26)28-15-5-2-1-3-6-15/h1-7,12,14,16-17,22-23H,8-11,13H2,(H,21,26). The van der Waals surface area contributed by atoms with Gasteiger partial charge in [-0.15, -0.1) is 0 Å². The molecule has 8 nitrogen and oxygen atoms in total. The van der Waals surface area contributed by atoms with E-state index in [2.05, 4.69) is 16.2 Å². The van der Waals surface area contributed by atoms with Gasteiger partial charge in [-0.1, -0.05) is 18.2 Å². The molecule has 4 rings (SSSR count). The Hall–Kier alpha value is -2.84. The van der Waals surface area contributed by atoms with Crippen molar-refractivity contribution in [3.63, 3.8) is 0 Å². The van der Waals surface area contributed by atoms with Gasteiger partial charge < -0.3 is 19.4 Å². The number of carbonyl (C=O) groups is 2. The van der Waals surface area contributed by atoms with Crippen LogP contribution in [-0.4, -0.2) is 42.1 Å². The molecule has 3 N–H and O–H groups in total. The van der Waals surface area contributed by atoms with Crippen molar-refractivity contribution >= 4 is 12.0 Å². The Bertz CT molecular complexity index is 788. The summed E-state index contributed by atoms with van der Waals surface area (Å²) in [7, 11) is 0. The van der Waals surface area contributed by atoms with Crippen molar-refractivity contribution in [2.45, 2.75) is 37.4 Å². The second-order valence-corrected chi connectivity index (χ2v) is 7.09. The third-order valence-electron chi connectivity index (χ3n) is 5.17. The smallest absolute Gasteiger partial charge is 0.412 e. The van der Waals surface area contributed by atoms with Gasteiger partial charge >= 0.3 is 6.09 Å². The summed E-state index contributed by atoms with van der Waals surface area (Å²) in [4.78, 5) is 26.6. The lowest BCUT2D eigenvalue weighted by Gasteiger charge is -2.33. The van der Waals surface area contributed by atoms with Crippen LogP contribution in [0.3, 0.4) is 0 Å². The highest BCUT2D eigenvalue weighted by molar-refractivity contribution is 5.82. The van der Waals surface area contributed by atoms with Crippen LogP contribution >= 0.6 is 0 Å². The van der Waals surface area contributed by atoms with E-state index < -0.39 is 6.09 Å². The summed E-state index contributed by atoms with van der Waals surface area (Å²) < 4.78 is 10.7. The molecule has 2 fully saturated rings. The van der Waals surface area contributed by atoms with E-state index >= 15 is 0 Å². The monoisotopic (exact) mass is 384 g/mol. The Morgan fingerprint density at radius 1 is 1.07 bits per heavy atom. The van der Waals surface area contributed by atoms with Crippen LogP contribution in [0.1, 0.15) is 31.1 Å². The third-order valence-corrected chi connectivity index (χ3v) is 5.17. The Morgan fingerprint density at radius 2 is 1.86 bits per heavy atom. The maximum atomic E-state index is 12.8. The lowest BCUT2D eigenvalue weighted by atomic mass is 10.0. The number of nitrogens with zero attached hydrogens (tertiary/aromatic N) is 1. The second-order valence-electron chi connectivity index (χ2n) is 7.09. The van der Waals surface area contributed by atoms with E-state index in [0.717, 1.165) is 5.76 Å². The number of hydrogen-bond donors (Lipinski definition) is 3. The number of carbonyl (C=O) groups excluding carboxylic acids is 2. The molecule has 0 bridgehead atoms. The molecular weight excluding hydrogens is 360 g/mol. The Labute approximate surface area is 163 Å². The van der Waals surface area contributed by atoms with Crippen LogP contribution in [0.25, 0.3) is 0 Å². The molecular formula is C20H24N4O4. The van der Waals surface area contributed by atoms with Gasteiger partial charge in [0.05, 0.1) is 12.3 Å². The van der Waals surface area contributed by atoms with E-state index in [1.165, 1.54) is 0 Å². The molecule has 2 saturated heterocycles. The minimum Gasteiger partial charge on any atom is -0.468 e. The van der Waals surface area contributed by atoms with E-state index in [1.807, 2.05) is 35.2 Å². The van der Waals surface area contributed by atoms with Crippen LogP contribution in [-0.2, 0) is 4.79 Å². The summed E-state index contributed by atoms with van der Waals surface area (Å²) in [6.45, 7) is 1.22. The number of amides is 2. The predicted octanol–water partition coefficient (Wildman–Crippen LogP) is 1.97. The number of hydrazine groups is 1. The molecule has 0 spiro atoms. The maximum absolute atomic E-state index is 12.8. The highest BCUT2D eigenvalue weighted by atomic mass is 16.6. The van der Waals surface area contributed by atoms with Crippen LogP contribution in [0.15, 0.2) is 53.1 Å². The highest BCUT2D eigenvalue weighted by Crippen LogP contribution is 2.24. The van der Waals surface area contributed by atoms with Crippen molar-refractivity contribution in [1.29, 1.82) is 0 Å². The van der Waals surface area contributed by atoms with Gasteiger partial charge in [-0.3, -0.25) is 4.79 Å². The molecule has 28 heavy (non-hydrogen) atoms. The largest absolute Gasteiger partial charge is 0.468 e. The molecule has 2 unspecified atom stereocenters. The van der Waals surface area contributed by atoms with Crippen molar-refractivity contribution in [2.75, 3.05) is 13.1 Å². The summed E-state index contributed by atoms with van der Waals surface area (Å²) in [5.74, 6) is 1.41. The normalized spacial score (nSPS) is 22.8. The summed E-state index contributed by atoms with van der Waals surface area (Å²) in [6, 6.07) is 12.4. The number of para-hydroxylation sites is 1. The van der Waals surface area contributed by atoms with Gasteiger partial charge in [0.2, 0.25) is 5.91 Å². The molecule has 2 aliphatic rings. The highest BCUT2D eigenvalue weighted by Gasteiger charge is 2.35. The fourth-order valence-electron chi connectivity index (χ4n) is 3.65.